The molecule has 0 aliphatic rings. The minimum Gasteiger partial charge on any atom is -0.485 e. The van der Waals surface area contributed by atoms with Crippen molar-refractivity contribution in [3.63, 3.8) is 0 Å². The van der Waals surface area contributed by atoms with Gasteiger partial charge >= 0.3 is 6.09 Å². The molecular weight excluding hydrogens is 468 g/mol. The Bertz CT molecular complexity index is 1360. The van der Waals surface area contributed by atoms with E-state index in [4.69, 9.17) is 14.5 Å². The first-order valence-corrected chi connectivity index (χ1v) is 12.4. The Kier molecular flexibility index (Phi) is 7.71. The summed E-state index contributed by atoms with van der Waals surface area (Å²) in [4.78, 5) is 17.6. The van der Waals surface area contributed by atoms with E-state index >= 15 is 0 Å². The van der Waals surface area contributed by atoms with Crippen molar-refractivity contribution in [2.45, 2.75) is 66.7 Å². The number of benzene rings is 2. The number of aryl methyl sites for hydroxylation is 1. The van der Waals surface area contributed by atoms with Crippen molar-refractivity contribution < 1.29 is 14.3 Å². The predicted octanol–water partition coefficient (Wildman–Crippen LogP) is 5.53. The number of hydrogen-bond acceptors (Lipinski definition) is 7. The molecule has 2 heterocycles. The molecule has 0 atom stereocenters. The van der Waals surface area contributed by atoms with E-state index in [1.54, 1.807) is 0 Å². The van der Waals surface area contributed by atoms with Gasteiger partial charge in [-0.2, -0.15) is 5.21 Å². The predicted molar refractivity (Wildman–Crippen MR) is 142 cm³/mol. The Hall–Kier alpha value is -4.01. The van der Waals surface area contributed by atoms with Crippen molar-refractivity contribution in [2.75, 3.05) is 0 Å². The summed E-state index contributed by atoms with van der Waals surface area (Å²) in [7, 11) is 0. The number of ether oxygens (including phenoxy) is 2. The Balaban J connectivity index is 1.82. The van der Waals surface area contributed by atoms with E-state index in [-0.39, 0.29) is 13.2 Å². The molecule has 0 aliphatic carbocycles. The van der Waals surface area contributed by atoms with Crippen LogP contribution in [0.4, 0.5) is 4.79 Å². The number of carbonyl (C=O) groups excluding carboxylic acids is 1. The zero-order valence-electron chi connectivity index (χ0n) is 22.3. The first-order chi connectivity index (χ1) is 17.6. The average molecular weight is 503 g/mol. The van der Waals surface area contributed by atoms with Crippen LogP contribution in [0.15, 0.2) is 42.5 Å². The molecule has 9 nitrogen and oxygen atoms in total. The number of aromatic amines is 1. The van der Waals surface area contributed by atoms with Gasteiger partial charge < -0.3 is 14.8 Å². The number of aromatic nitrogens is 5. The summed E-state index contributed by atoms with van der Waals surface area (Å²) in [6.45, 7) is 12.4. The maximum atomic E-state index is 12.6. The molecule has 2 aromatic heterocycles. The van der Waals surface area contributed by atoms with Crippen molar-refractivity contribution in [2.24, 2.45) is 5.92 Å². The molecule has 0 saturated heterocycles. The third-order valence-corrected chi connectivity index (χ3v) is 5.65. The number of rotatable bonds is 8. The van der Waals surface area contributed by atoms with Gasteiger partial charge in [-0.1, -0.05) is 48.9 Å². The second-order valence-electron chi connectivity index (χ2n) is 10.5. The lowest BCUT2D eigenvalue weighted by atomic mass is 9.91. The summed E-state index contributed by atoms with van der Waals surface area (Å²) in [6, 6.07) is 14.2. The van der Waals surface area contributed by atoms with E-state index < -0.39 is 11.7 Å². The van der Waals surface area contributed by atoms with E-state index in [1.165, 1.54) is 5.56 Å². The van der Waals surface area contributed by atoms with E-state index in [9.17, 15) is 4.79 Å². The first-order valence-electron chi connectivity index (χ1n) is 12.4. The lowest BCUT2D eigenvalue weighted by molar-refractivity contribution is 0.0523. The van der Waals surface area contributed by atoms with Crippen LogP contribution in [0.3, 0.4) is 0 Å². The highest BCUT2D eigenvalue weighted by atomic mass is 16.6. The van der Waals surface area contributed by atoms with Gasteiger partial charge in [0.15, 0.2) is 6.61 Å². The summed E-state index contributed by atoms with van der Waals surface area (Å²) >= 11 is 0. The van der Waals surface area contributed by atoms with E-state index in [0.29, 0.717) is 17.5 Å². The summed E-state index contributed by atoms with van der Waals surface area (Å²) in [5.41, 5.74) is 5.42. The van der Waals surface area contributed by atoms with Crippen molar-refractivity contribution in [3.05, 3.63) is 65.1 Å². The van der Waals surface area contributed by atoms with Crippen LogP contribution in [0.5, 0.6) is 5.75 Å². The molecule has 0 bridgehead atoms. The zero-order chi connectivity index (χ0) is 26.6. The molecule has 37 heavy (non-hydrogen) atoms. The Morgan fingerprint density at radius 1 is 1.11 bits per heavy atom. The molecule has 0 aliphatic heterocycles. The van der Waals surface area contributed by atoms with Gasteiger partial charge in [-0.15, -0.1) is 10.2 Å². The molecule has 0 spiro atoms. The summed E-state index contributed by atoms with van der Waals surface area (Å²) in [6.07, 6.45) is 0.311. The van der Waals surface area contributed by atoms with Gasteiger partial charge in [0.2, 0.25) is 5.82 Å². The molecule has 2 N–H and O–H groups in total. The fraction of sp³-hybridized carbons (Fsp3) is 0.393. The molecule has 1 amide bonds. The monoisotopic (exact) mass is 502 g/mol. The molecule has 194 valence electrons. The number of tetrazole rings is 1. The summed E-state index contributed by atoms with van der Waals surface area (Å²) < 4.78 is 11.5. The van der Waals surface area contributed by atoms with Crippen LogP contribution < -0.4 is 10.1 Å². The lowest BCUT2D eigenvalue weighted by Crippen LogP contribution is -2.32. The summed E-state index contributed by atoms with van der Waals surface area (Å²) in [5.74, 6) is 1.51. The number of fused-ring (bicyclic) bond motifs is 1. The maximum absolute atomic E-state index is 12.6. The fourth-order valence-electron chi connectivity index (χ4n) is 4.08. The number of nitrogens with zero attached hydrogens (tertiary/aromatic N) is 4. The van der Waals surface area contributed by atoms with Crippen LogP contribution in [-0.4, -0.2) is 37.3 Å². The van der Waals surface area contributed by atoms with E-state index in [2.05, 4.69) is 71.0 Å². The number of carbonyl (C=O) groups is 1. The van der Waals surface area contributed by atoms with Crippen LogP contribution in [0.25, 0.3) is 22.0 Å². The Labute approximate surface area is 217 Å². The van der Waals surface area contributed by atoms with Gasteiger partial charge in [0.05, 0.1) is 5.52 Å². The van der Waals surface area contributed by atoms with Crippen LogP contribution in [0.1, 0.15) is 57.3 Å². The second kappa shape index (κ2) is 10.9. The molecule has 0 fully saturated rings. The molecular formula is C28H34N6O3. The minimum absolute atomic E-state index is 0.188. The van der Waals surface area contributed by atoms with Gasteiger partial charge in [0.1, 0.15) is 11.4 Å². The molecule has 4 aromatic rings. The van der Waals surface area contributed by atoms with Crippen molar-refractivity contribution in [1.82, 2.24) is 30.9 Å². The lowest BCUT2D eigenvalue weighted by Gasteiger charge is -2.22. The molecule has 9 heteroatoms. The van der Waals surface area contributed by atoms with Crippen molar-refractivity contribution in [1.29, 1.82) is 0 Å². The van der Waals surface area contributed by atoms with E-state index in [0.717, 1.165) is 39.7 Å². The number of hydrogen-bond donors (Lipinski definition) is 2. The largest absolute Gasteiger partial charge is 0.485 e. The number of amides is 1. The normalized spacial score (nSPS) is 11.6. The molecule has 2 aromatic carbocycles. The molecule has 4 rings (SSSR count). The molecule has 0 radical (unpaired) electrons. The van der Waals surface area contributed by atoms with Gasteiger partial charge in [-0.3, -0.25) is 4.98 Å². The standard InChI is InChI=1S/C28H34N6O3/c1-17(2)13-24-22(15-29-27(35)37-28(4,5)6)26(19-9-7-18(3)8-10-19)21-14-20(11-12-23(21)30-24)36-16-25-31-33-34-32-25/h7-12,14,17H,13,15-16H2,1-6H3,(H,29,35)(H,31,32,33,34). The van der Waals surface area contributed by atoms with Gasteiger partial charge in [0.25, 0.3) is 0 Å². The highest BCUT2D eigenvalue weighted by Crippen LogP contribution is 2.36. The Morgan fingerprint density at radius 2 is 1.86 bits per heavy atom. The average Bonchev–Trinajstić information content (AvgIpc) is 3.34. The van der Waals surface area contributed by atoms with Gasteiger partial charge in [-0.25, -0.2) is 4.79 Å². The van der Waals surface area contributed by atoms with E-state index in [1.807, 2.05) is 39.0 Å². The highest BCUT2D eigenvalue weighted by molar-refractivity contribution is 5.97. The second-order valence-corrected chi connectivity index (χ2v) is 10.5. The fourth-order valence-corrected chi connectivity index (χ4v) is 4.08. The molecule has 0 saturated carbocycles. The number of nitrogens with one attached hydrogen (secondary N) is 2. The SMILES string of the molecule is Cc1ccc(-c2c(CNC(=O)OC(C)(C)C)c(CC(C)C)nc3ccc(OCc4nn[nH]n4)cc23)cc1. The van der Waals surface area contributed by atoms with Crippen molar-refractivity contribution >= 4 is 17.0 Å². The topological polar surface area (TPSA) is 115 Å². The van der Waals surface area contributed by atoms with Crippen LogP contribution in [0.2, 0.25) is 0 Å². The van der Waals surface area contributed by atoms with Crippen LogP contribution >= 0.6 is 0 Å². The minimum atomic E-state index is -0.586. The van der Waals surface area contributed by atoms with Crippen molar-refractivity contribution in [3.8, 4) is 16.9 Å². The third-order valence-electron chi connectivity index (χ3n) is 5.65. The van der Waals surface area contributed by atoms with Crippen LogP contribution in [-0.2, 0) is 24.3 Å². The Morgan fingerprint density at radius 3 is 2.51 bits per heavy atom. The smallest absolute Gasteiger partial charge is 0.407 e. The molecule has 0 unspecified atom stereocenters. The zero-order valence-corrected chi connectivity index (χ0v) is 22.3. The van der Waals surface area contributed by atoms with Crippen LogP contribution in [0, 0.1) is 12.8 Å². The first kappa shape index (κ1) is 26.1. The van der Waals surface area contributed by atoms with Gasteiger partial charge in [0, 0.05) is 23.2 Å². The third kappa shape index (κ3) is 6.81. The number of H-pyrrole nitrogens is 1. The highest BCUT2D eigenvalue weighted by Gasteiger charge is 2.21. The maximum Gasteiger partial charge on any atom is 0.407 e. The van der Waals surface area contributed by atoms with Gasteiger partial charge in [-0.05, 0) is 69.4 Å². The quantitative estimate of drug-likeness (QED) is 0.326. The number of pyridine rings is 1. The number of alkyl carbamates (subject to hydrolysis) is 1. The summed E-state index contributed by atoms with van der Waals surface area (Å²) in [5, 5.41) is 17.8.